The van der Waals surface area contributed by atoms with Gasteiger partial charge in [0.05, 0.1) is 4.92 Å². The van der Waals surface area contributed by atoms with Gasteiger partial charge in [-0.2, -0.15) is 5.10 Å². The number of rotatable bonds is 2. The molecule has 1 N–H and O–H groups in total. The molecule has 0 spiro atoms. The highest BCUT2D eigenvalue weighted by atomic mass is 19.3. The number of hydrogen-bond acceptors (Lipinski definition) is 3. The molecule has 1 aromatic carbocycles. The molecule has 5 nitrogen and oxygen atoms in total. The number of benzene rings is 1. The lowest BCUT2D eigenvalue weighted by Crippen LogP contribution is -1.91. The van der Waals surface area contributed by atoms with Gasteiger partial charge in [0.2, 0.25) is 0 Å². The minimum absolute atomic E-state index is 0.0275. The van der Waals surface area contributed by atoms with Gasteiger partial charge in [0.1, 0.15) is 5.69 Å². The standard InChI is InChI=1S/C9H7F2N3O2/c1-4-2-3-5(14(15)16)7-6(4)8(9(10)11)13-12-7/h2-3,9H,1H3,(H,12,13). The molecule has 0 radical (unpaired) electrons. The minimum atomic E-state index is -2.73. The third-order valence-electron chi connectivity index (χ3n) is 2.34. The number of H-pyrrole nitrogens is 1. The smallest absolute Gasteiger partial charge is 0.275 e. The van der Waals surface area contributed by atoms with Crippen LogP contribution < -0.4 is 0 Å². The van der Waals surface area contributed by atoms with E-state index in [1.54, 1.807) is 6.92 Å². The highest BCUT2D eigenvalue weighted by molar-refractivity contribution is 5.91. The molecule has 84 valence electrons. The highest BCUT2D eigenvalue weighted by Gasteiger charge is 2.22. The molecule has 0 unspecified atom stereocenters. The lowest BCUT2D eigenvalue weighted by Gasteiger charge is -1.99. The van der Waals surface area contributed by atoms with Crippen LogP contribution in [-0.2, 0) is 0 Å². The van der Waals surface area contributed by atoms with Crippen LogP contribution in [0.15, 0.2) is 12.1 Å². The fourth-order valence-corrected chi connectivity index (χ4v) is 1.61. The number of alkyl halides is 2. The van der Waals surface area contributed by atoms with E-state index in [1.165, 1.54) is 12.1 Å². The van der Waals surface area contributed by atoms with Crippen molar-refractivity contribution in [1.29, 1.82) is 0 Å². The van der Waals surface area contributed by atoms with Crippen molar-refractivity contribution in [2.24, 2.45) is 0 Å². The first-order chi connectivity index (χ1) is 7.52. The van der Waals surface area contributed by atoms with Crippen LogP contribution in [0, 0.1) is 17.0 Å². The summed E-state index contributed by atoms with van der Waals surface area (Å²) < 4.78 is 25.2. The van der Waals surface area contributed by atoms with Crippen LogP contribution in [0.25, 0.3) is 10.9 Å². The van der Waals surface area contributed by atoms with Crippen LogP contribution in [0.5, 0.6) is 0 Å². The maximum absolute atomic E-state index is 12.6. The average Bonchev–Trinajstić information content (AvgIpc) is 2.62. The van der Waals surface area contributed by atoms with E-state index in [9.17, 15) is 18.9 Å². The summed E-state index contributed by atoms with van der Waals surface area (Å²) in [6.07, 6.45) is -2.73. The topological polar surface area (TPSA) is 71.8 Å². The maximum atomic E-state index is 12.6. The van der Waals surface area contributed by atoms with Gasteiger partial charge < -0.3 is 0 Å². The number of nitrogens with one attached hydrogen (secondary N) is 1. The summed E-state index contributed by atoms with van der Waals surface area (Å²) in [4.78, 5) is 10.0. The van der Waals surface area contributed by atoms with Gasteiger partial charge in [0, 0.05) is 11.5 Å². The summed E-state index contributed by atoms with van der Waals surface area (Å²) in [6.45, 7) is 1.60. The SMILES string of the molecule is Cc1ccc([N+](=O)[O-])c2n[nH]c(C(F)F)c12. The van der Waals surface area contributed by atoms with E-state index in [0.29, 0.717) is 5.56 Å². The Hall–Kier alpha value is -2.05. The zero-order chi connectivity index (χ0) is 11.9. The molecular weight excluding hydrogens is 220 g/mol. The number of aromatic amines is 1. The molecule has 1 aromatic heterocycles. The summed E-state index contributed by atoms with van der Waals surface area (Å²) >= 11 is 0. The number of hydrogen-bond donors (Lipinski definition) is 1. The van der Waals surface area contributed by atoms with Gasteiger partial charge in [-0.3, -0.25) is 15.2 Å². The third kappa shape index (κ3) is 1.40. The Kier molecular flexibility index (Phi) is 2.30. The Bertz CT molecular complexity index is 565. The highest BCUT2D eigenvalue weighted by Crippen LogP contribution is 2.32. The number of aryl methyl sites for hydroxylation is 1. The fraction of sp³-hybridized carbons (Fsp3) is 0.222. The fourth-order valence-electron chi connectivity index (χ4n) is 1.61. The summed E-state index contributed by atoms with van der Waals surface area (Å²) in [5.74, 6) is 0. The predicted octanol–water partition coefficient (Wildman–Crippen LogP) is 2.72. The molecule has 0 bridgehead atoms. The second kappa shape index (κ2) is 3.51. The zero-order valence-electron chi connectivity index (χ0n) is 8.20. The van der Waals surface area contributed by atoms with Gasteiger partial charge in [-0.15, -0.1) is 0 Å². The Morgan fingerprint density at radius 2 is 2.19 bits per heavy atom. The van der Waals surface area contributed by atoms with E-state index in [4.69, 9.17) is 0 Å². The van der Waals surface area contributed by atoms with E-state index in [0.717, 1.165) is 0 Å². The number of aromatic nitrogens is 2. The maximum Gasteiger partial charge on any atom is 0.297 e. The number of non-ortho nitro benzene ring substituents is 1. The summed E-state index contributed by atoms with van der Waals surface area (Å²) in [6, 6.07) is 2.69. The lowest BCUT2D eigenvalue weighted by atomic mass is 10.1. The lowest BCUT2D eigenvalue weighted by molar-refractivity contribution is -0.383. The number of nitro groups is 1. The quantitative estimate of drug-likeness (QED) is 0.633. The molecule has 0 fully saturated rings. The first-order valence-electron chi connectivity index (χ1n) is 4.42. The largest absolute Gasteiger partial charge is 0.297 e. The molecule has 0 amide bonds. The molecule has 0 aliphatic rings. The first-order valence-corrected chi connectivity index (χ1v) is 4.42. The second-order valence-electron chi connectivity index (χ2n) is 3.32. The van der Waals surface area contributed by atoms with E-state index in [2.05, 4.69) is 10.2 Å². The van der Waals surface area contributed by atoms with E-state index in [-0.39, 0.29) is 22.3 Å². The summed E-state index contributed by atoms with van der Waals surface area (Å²) in [5, 5.41) is 16.5. The normalized spacial score (nSPS) is 11.2. The van der Waals surface area contributed by atoms with Crippen molar-refractivity contribution in [2.45, 2.75) is 13.3 Å². The monoisotopic (exact) mass is 227 g/mol. The molecule has 0 aliphatic heterocycles. The first kappa shape index (κ1) is 10.5. The minimum Gasteiger partial charge on any atom is -0.275 e. The van der Waals surface area contributed by atoms with Crippen LogP contribution in [-0.4, -0.2) is 15.1 Å². The molecule has 0 saturated heterocycles. The zero-order valence-corrected chi connectivity index (χ0v) is 8.20. The van der Waals surface area contributed by atoms with Gasteiger partial charge in [0.25, 0.3) is 12.1 Å². The van der Waals surface area contributed by atoms with Gasteiger partial charge in [-0.25, -0.2) is 8.78 Å². The Balaban J connectivity index is 2.83. The molecule has 16 heavy (non-hydrogen) atoms. The number of nitro benzene ring substituents is 1. The molecule has 2 aromatic rings. The molecular formula is C9H7F2N3O2. The Labute approximate surface area is 88.2 Å². The molecule has 0 atom stereocenters. The van der Waals surface area contributed by atoms with Crippen LogP contribution in [0.3, 0.4) is 0 Å². The molecule has 7 heteroatoms. The van der Waals surface area contributed by atoms with Crippen LogP contribution in [0.2, 0.25) is 0 Å². The van der Waals surface area contributed by atoms with Gasteiger partial charge in [-0.1, -0.05) is 6.07 Å². The molecule has 0 aliphatic carbocycles. The van der Waals surface area contributed by atoms with Crippen molar-refractivity contribution < 1.29 is 13.7 Å². The Morgan fingerprint density at radius 3 is 2.75 bits per heavy atom. The number of fused-ring (bicyclic) bond motifs is 1. The van der Waals surface area contributed by atoms with Crippen molar-refractivity contribution in [3.8, 4) is 0 Å². The van der Waals surface area contributed by atoms with Crippen molar-refractivity contribution in [3.63, 3.8) is 0 Å². The summed E-state index contributed by atoms with van der Waals surface area (Å²) in [7, 11) is 0. The number of nitrogens with zero attached hydrogens (tertiary/aromatic N) is 2. The van der Waals surface area contributed by atoms with Crippen molar-refractivity contribution in [2.75, 3.05) is 0 Å². The van der Waals surface area contributed by atoms with Crippen molar-refractivity contribution >= 4 is 16.6 Å². The van der Waals surface area contributed by atoms with E-state index in [1.807, 2.05) is 0 Å². The van der Waals surface area contributed by atoms with Gasteiger partial charge in [0.15, 0.2) is 5.52 Å². The average molecular weight is 227 g/mol. The van der Waals surface area contributed by atoms with Crippen molar-refractivity contribution in [3.05, 3.63) is 33.5 Å². The summed E-state index contributed by atoms with van der Waals surface area (Å²) in [5.41, 5.74) is -0.148. The predicted molar refractivity (Wildman–Crippen MR) is 52.4 cm³/mol. The van der Waals surface area contributed by atoms with Crippen LogP contribution >= 0.6 is 0 Å². The van der Waals surface area contributed by atoms with Crippen LogP contribution in [0.4, 0.5) is 14.5 Å². The Morgan fingerprint density at radius 1 is 1.50 bits per heavy atom. The van der Waals surface area contributed by atoms with Gasteiger partial charge in [-0.05, 0) is 12.5 Å². The van der Waals surface area contributed by atoms with E-state index < -0.39 is 11.3 Å². The number of halogens is 2. The van der Waals surface area contributed by atoms with Crippen molar-refractivity contribution in [1.82, 2.24) is 10.2 Å². The van der Waals surface area contributed by atoms with Crippen LogP contribution in [0.1, 0.15) is 17.7 Å². The van der Waals surface area contributed by atoms with E-state index >= 15 is 0 Å². The third-order valence-corrected chi connectivity index (χ3v) is 2.34. The molecule has 0 saturated carbocycles. The molecule has 1 heterocycles. The van der Waals surface area contributed by atoms with Gasteiger partial charge >= 0.3 is 0 Å². The second-order valence-corrected chi connectivity index (χ2v) is 3.32. The molecule has 2 rings (SSSR count).